The largest absolute Gasteiger partial charge is 0.296 e. The van der Waals surface area contributed by atoms with Crippen LogP contribution in [0.1, 0.15) is 12.7 Å². The number of benzene rings is 8. The third-order valence-electron chi connectivity index (χ3n) is 9.54. The van der Waals surface area contributed by atoms with Gasteiger partial charge in [-0.3, -0.25) is 4.57 Å². The van der Waals surface area contributed by atoms with Gasteiger partial charge in [0.15, 0.2) is 0 Å². The lowest BCUT2D eigenvalue weighted by Crippen LogP contribution is -2.00. The summed E-state index contributed by atoms with van der Waals surface area (Å²) in [4.78, 5) is 4.91. The molecule has 0 N–H and O–H groups in total. The summed E-state index contributed by atoms with van der Waals surface area (Å²) in [5.41, 5.74) is 10.8. The zero-order valence-electron chi connectivity index (χ0n) is 26.2. The molecule has 1 heterocycles. The highest BCUT2D eigenvalue weighted by atomic mass is 15.1. The molecular formula is C45H32N2. The van der Waals surface area contributed by atoms with Gasteiger partial charge in [0.2, 0.25) is 0 Å². The van der Waals surface area contributed by atoms with Gasteiger partial charge in [-0.1, -0.05) is 140 Å². The highest BCUT2D eigenvalue weighted by Crippen LogP contribution is 2.44. The number of nitrogens with zero attached hydrogens (tertiary/aromatic N) is 2. The second-order valence-electron chi connectivity index (χ2n) is 12.2. The molecule has 0 aliphatic heterocycles. The van der Waals surface area contributed by atoms with Crippen LogP contribution in [0.5, 0.6) is 0 Å². The van der Waals surface area contributed by atoms with Gasteiger partial charge < -0.3 is 0 Å². The van der Waals surface area contributed by atoms with E-state index in [1.807, 2.05) is 0 Å². The van der Waals surface area contributed by atoms with Gasteiger partial charge in [0.25, 0.3) is 0 Å². The van der Waals surface area contributed by atoms with Crippen LogP contribution in [0.3, 0.4) is 0 Å². The van der Waals surface area contributed by atoms with Gasteiger partial charge in [-0.05, 0) is 96.0 Å². The molecule has 2 heteroatoms. The van der Waals surface area contributed by atoms with Crippen LogP contribution in [0, 0.1) is 0 Å². The van der Waals surface area contributed by atoms with E-state index in [-0.39, 0.29) is 0 Å². The van der Waals surface area contributed by atoms with Gasteiger partial charge in [0.1, 0.15) is 5.82 Å². The minimum atomic E-state index is 0.870. The van der Waals surface area contributed by atoms with Crippen molar-refractivity contribution in [1.82, 2.24) is 9.55 Å². The van der Waals surface area contributed by atoms with Crippen molar-refractivity contribution in [2.24, 2.45) is 0 Å². The molecule has 0 spiro atoms. The lowest BCUT2D eigenvalue weighted by Gasteiger charge is -2.19. The van der Waals surface area contributed by atoms with Crippen molar-refractivity contribution in [3.63, 3.8) is 0 Å². The average molecular weight is 601 g/mol. The predicted octanol–water partition coefficient (Wildman–Crippen LogP) is 12.0. The molecule has 9 aromatic rings. The van der Waals surface area contributed by atoms with E-state index in [0.29, 0.717) is 0 Å². The van der Waals surface area contributed by atoms with Crippen LogP contribution in [0.2, 0.25) is 0 Å². The Bertz CT molecular complexity index is 2540. The molecule has 222 valence electrons. The van der Waals surface area contributed by atoms with E-state index in [9.17, 15) is 0 Å². The Labute approximate surface area is 274 Å². The van der Waals surface area contributed by atoms with Gasteiger partial charge >= 0.3 is 0 Å². The summed E-state index contributed by atoms with van der Waals surface area (Å²) >= 11 is 0. The molecule has 9 rings (SSSR count). The minimum absolute atomic E-state index is 0.870. The molecule has 47 heavy (non-hydrogen) atoms. The molecule has 0 atom stereocenters. The molecule has 0 fully saturated rings. The molecule has 0 aliphatic carbocycles. The topological polar surface area (TPSA) is 17.8 Å². The highest BCUT2D eigenvalue weighted by molar-refractivity contribution is 6.21. The summed E-state index contributed by atoms with van der Waals surface area (Å²) in [6.45, 7) is 2.17. The molecule has 0 radical (unpaired) electrons. The maximum atomic E-state index is 4.91. The van der Waals surface area contributed by atoms with E-state index in [2.05, 4.69) is 175 Å². The molecule has 1 aromatic heterocycles. The lowest BCUT2D eigenvalue weighted by molar-refractivity contribution is 0.908. The first-order valence-electron chi connectivity index (χ1n) is 16.4. The highest BCUT2D eigenvalue weighted by Gasteiger charge is 2.18. The summed E-state index contributed by atoms with van der Waals surface area (Å²) in [6.07, 6.45) is 0.870. The van der Waals surface area contributed by atoms with Crippen molar-refractivity contribution in [1.29, 1.82) is 0 Å². The quantitative estimate of drug-likeness (QED) is 0.180. The van der Waals surface area contributed by atoms with Crippen LogP contribution < -0.4 is 0 Å². The molecule has 0 amide bonds. The number of aromatic nitrogens is 2. The monoisotopic (exact) mass is 600 g/mol. The number of hydrogen-bond acceptors (Lipinski definition) is 1. The molecule has 0 bridgehead atoms. The van der Waals surface area contributed by atoms with E-state index in [4.69, 9.17) is 4.98 Å². The summed E-state index contributed by atoms with van der Waals surface area (Å²) in [7, 11) is 0. The first-order valence-corrected chi connectivity index (χ1v) is 16.4. The van der Waals surface area contributed by atoms with Gasteiger partial charge in [-0.2, -0.15) is 0 Å². The van der Waals surface area contributed by atoms with Crippen molar-refractivity contribution < 1.29 is 0 Å². The summed E-state index contributed by atoms with van der Waals surface area (Å²) in [5.74, 6) is 1.07. The summed E-state index contributed by atoms with van der Waals surface area (Å²) in [6, 6.07) is 59.5. The van der Waals surface area contributed by atoms with Crippen LogP contribution >= 0.6 is 0 Å². The van der Waals surface area contributed by atoms with E-state index in [0.717, 1.165) is 29.0 Å². The second-order valence-corrected chi connectivity index (χ2v) is 12.2. The van der Waals surface area contributed by atoms with E-state index >= 15 is 0 Å². The predicted molar refractivity (Wildman–Crippen MR) is 199 cm³/mol. The number of aryl methyl sites for hydroxylation is 1. The SMILES string of the molecule is CCc1nc2ccccc2n1-c1ccc(-c2c3ccccc3c(-c3cccc(-c4cccc5ccccc45)c3)c3ccccc23)cc1. The molecule has 0 saturated heterocycles. The Balaban J connectivity index is 1.24. The Morgan fingerprint density at radius 2 is 1.02 bits per heavy atom. The lowest BCUT2D eigenvalue weighted by atomic mass is 9.85. The van der Waals surface area contributed by atoms with E-state index < -0.39 is 0 Å². The van der Waals surface area contributed by atoms with Gasteiger partial charge in [-0.15, -0.1) is 0 Å². The van der Waals surface area contributed by atoms with E-state index in [1.165, 1.54) is 65.7 Å². The molecule has 0 unspecified atom stereocenters. The molecule has 8 aromatic carbocycles. The number of hydrogen-bond donors (Lipinski definition) is 0. The zero-order chi connectivity index (χ0) is 31.3. The number of imidazole rings is 1. The first-order chi connectivity index (χ1) is 23.3. The summed E-state index contributed by atoms with van der Waals surface area (Å²) in [5, 5.41) is 7.56. The molecular weight excluding hydrogens is 569 g/mol. The van der Waals surface area contributed by atoms with Crippen LogP contribution in [0.15, 0.2) is 164 Å². The van der Waals surface area contributed by atoms with Crippen LogP contribution in [-0.2, 0) is 6.42 Å². The summed E-state index contributed by atoms with van der Waals surface area (Å²) < 4.78 is 2.29. The number of fused-ring (bicyclic) bond motifs is 4. The molecule has 0 aliphatic rings. The van der Waals surface area contributed by atoms with Gasteiger partial charge in [-0.25, -0.2) is 4.98 Å². The van der Waals surface area contributed by atoms with Gasteiger partial charge in [0, 0.05) is 12.1 Å². The Kier molecular flexibility index (Phi) is 6.46. The van der Waals surface area contributed by atoms with Crippen molar-refractivity contribution in [2.75, 3.05) is 0 Å². The average Bonchev–Trinajstić information content (AvgIpc) is 3.52. The first kappa shape index (κ1) is 27.3. The third-order valence-corrected chi connectivity index (χ3v) is 9.54. The maximum Gasteiger partial charge on any atom is 0.114 e. The standard InChI is InChI=1S/C45H32N2/c1-2-43-46-41-23-9-10-24-42(41)47(43)34-27-25-31(26-28-34)44-37-18-5-7-20-39(37)45(40-21-8-6-19-38(40)44)33-16-11-15-32(29-33)36-22-12-14-30-13-3-4-17-35(30)36/h3-29H,2H2,1H3. The van der Waals surface area contributed by atoms with Gasteiger partial charge in [0.05, 0.1) is 11.0 Å². The Morgan fingerprint density at radius 3 is 1.72 bits per heavy atom. The van der Waals surface area contributed by atoms with Crippen molar-refractivity contribution in [3.05, 3.63) is 170 Å². The van der Waals surface area contributed by atoms with E-state index in [1.54, 1.807) is 0 Å². The fourth-order valence-corrected chi connectivity index (χ4v) is 7.45. The van der Waals surface area contributed by atoms with Crippen LogP contribution in [0.4, 0.5) is 0 Å². The van der Waals surface area contributed by atoms with Crippen molar-refractivity contribution in [3.8, 4) is 39.1 Å². The fourth-order valence-electron chi connectivity index (χ4n) is 7.45. The third kappa shape index (κ3) is 4.45. The Hall–Kier alpha value is -5.99. The zero-order valence-corrected chi connectivity index (χ0v) is 26.2. The number of para-hydroxylation sites is 2. The van der Waals surface area contributed by atoms with Crippen molar-refractivity contribution in [2.45, 2.75) is 13.3 Å². The smallest absolute Gasteiger partial charge is 0.114 e. The molecule has 0 saturated carbocycles. The van der Waals surface area contributed by atoms with Crippen LogP contribution in [-0.4, -0.2) is 9.55 Å². The minimum Gasteiger partial charge on any atom is -0.296 e. The van der Waals surface area contributed by atoms with Crippen LogP contribution in [0.25, 0.3) is 82.4 Å². The maximum absolute atomic E-state index is 4.91. The van der Waals surface area contributed by atoms with Crippen molar-refractivity contribution >= 4 is 43.4 Å². The number of rotatable bonds is 5. The fraction of sp³-hybridized carbons (Fsp3) is 0.0444. The second kappa shape index (κ2) is 11.1. The Morgan fingerprint density at radius 1 is 0.468 bits per heavy atom. The normalized spacial score (nSPS) is 11.6. The molecule has 2 nitrogen and oxygen atoms in total.